The largest absolute Gasteiger partial charge is 0.337 e. The Morgan fingerprint density at radius 2 is 1.90 bits per heavy atom. The Kier molecular flexibility index (Phi) is 4.94. The van der Waals surface area contributed by atoms with E-state index in [1.165, 1.54) is 15.2 Å². The number of aromatic nitrogens is 4. The molecule has 0 aliphatic carbocycles. The third kappa shape index (κ3) is 3.43. The van der Waals surface area contributed by atoms with E-state index >= 15 is 0 Å². The Hall–Kier alpha value is -3.38. The molecule has 2 aromatic heterocycles. The fourth-order valence-electron chi connectivity index (χ4n) is 3.42. The molecule has 0 saturated carbocycles. The minimum absolute atomic E-state index is 0.108. The first-order valence-corrected chi connectivity index (χ1v) is 9.50. The lowest BCUT2D eigenvalue weighted by Crippen LogP contribution is -2.39. The van der Waals surface area contributed by atoms with Crippen LogP contribution in [0.2, 0.25) is 5.02 Å². The third-order valence-corrected chi connectivity index (χ3v) is 4.98. The zero-order valence-corrected chi connectivity index (χ0v) is 16.6. The number of hydrogen-bond acceptors (Lipinski definition) is 3. The fraction of sp³-hybridized carbons (Fsp3) is 0.136. The molecule has 0 N–H and O–H groups in total. The van der Waals surface area contributed by atoms with Crippen molar-refractivity contribution < 1.29 is 0 Å². The number of halogens is 1. The quantitative estimate of drug-likeness (QED) is 0.476. The number of fused-ring (bicyclic) bond motifs is 1. The molecule has 29 heavy (non-hydrogen) atoms. The Bertz CT molecular complexity index is 1330. The van der Waals surface area contributed by atoms with E-state index in [1.54, 1.807) is 35.2 Å². The SMILES string of the molecule is C=CCn1c(=O)c2c(ncn2Cc2cccc(C)c2)n(-c2ccc(Cl)cc2)c1=O. The lowest BCUT2D eigenvalue weighted by Gasteiger charge is -2.12. The summed E-state index contributed by atoms with van der Waals surface area (Å²) in [5.41, 5.74) is 2.59. The molecule has 0 aliphatic heterocycles. The van der Waals surface area contributed by atoms with Gasteiger partial charge in [0.05, 0.1) is 12.0 Å². The van der Waals surface area contributed by atoms with E-state index in [2.05, 4.69) is 17.6 Å². The summed E-state index contributed by atoms with van der Waals surface area (Å²) in [4.78, 5) is 30.6. The Balaban J connectivity index is 1.99. The van der Waals surface area contributed by atoms with Crippen LogP contribution >= 0.6 is 11.6 Å². The van der Waals surface area contributed by atoms with E-state index in [0.29, 0.717) is 28.4 Å². The van der Waals surface area contributed by atoms with Gasteiger partial charge in [0.15, 0.2) is 11.2 Å². The van der Waals surface area contributed by atoms with Crippen molar-refractivity contribution in [2.45, 2.75) is 20.0 Å². The Labute approximate surface area is 171 Å². The van der Waals surface area contributed by atoms with Crippen LogP contribution in [0.3, 0.4) is 0 Å². The summed E-state index contributed by atoms with van der Waals surface area (Å²) >= 11 is 5.99. The zero-order chi connectivity index (χ0) is 20.5. The van der Waals surface area contributed by atoms with Crippen LogP contribution in [-0.2, 0) is 13.1 Å². The van der Waals surface area contributed by atoms with Crippen molar-refractivity contribution in [1.82, 2.24) is 18.7 Å². The highest BCUT2D eigenvalue weighted by Gasteiger charge is 2.18. The summed E-state index contributed by atoms with van der Waals surface area (Å²) in [6, 6.07) is 14.9. The molecule has 0 atom stereocenters. The highest BCUT2D eigenvalue weighted by atomic mass is 35.5. The number of allylic oxidation sites excluding steroid dienone is 1. The van der Waals surface area contributed by atoms with Gasteiger partial charge in [-0.2, -0.15) is 0 Å². The first kappa shape index (κ1) is 19.0. The molecule has 7 heteroatoms. The third-order valence-electron chi connectivity index (χ3n) is 4.73. The topological polar surface area (TPSA) is 61.8 Å². The van der Waals surface area contributed by atoms with Gasteiger partial charge in [-0.3, -0.25) is 9.36 Å². The second-order valence-electron chi connectivity index (χ2n) is 6.83. The maximum absolute atomic E-state index is 13.1. The minimum Gasteiger partial charge on any atom is -0.320 e. The van der Waals surface area contributed by atoms with Crippen molar-refractivity contribution in [3.05, 3.63) is 105 Å². The summed E-state index contributed by atoms with van der Waals surface area (Å²) in [6.45, 7) is 6.27. The van der Waals surface area contributed by atoms with Gasteiger partial charge < -0.3 is 4.57 Å². The van der Waals surface area contributed by atoms with Crippen LogP contribution in [0.15, 0.2) is 77.1 Å². The monoisotopic (exact) mass is 406 g/mol. The second-order valence-corrected chi connectivity index (χ2v) is 7.27. The van der Waals surface area contributed by atoms with Crippen molar-refractivity contribution in [1.29, 1.82) is 0 Å². The Morgan fingerprint density at radius 3 is 2.59 bits per heavy atom. The van der Waals surface area contributed by atoms with Crippen LogP contribution in [0, 0.1) is 6.92 Å². The maximum atomic E-state index is 13.1. The fourth-order valence-corrected chi connectivity index (χ4v) is 3.55. The summed E-state index contributed by atoms with van der Waals surface area (Å²) < 4.78 is 4.37. The van der Waals surface area contributed by atoms with Gasteiger partial charge in [0.2, 0.25) is 0 Å². The zero-order valence-electron chi connectivity index (χ0n) is 15.9. The van der Waals surface area contributed by atoms with Gasteiger partial charge in [-0.25, -0.2) is 14.3 Å². The van der Waals surface area contributed by atoms with Gasteiger partial charge in [0, 0.05) is 18.1 Å². The molecule has 0 saturated heterocycles. The number of nitrogens with zero attached hydrogens (tertiary/aromatic N) is 4. The van der Waals surface area contributed by atoms with Crippen LogP contribution in [0.25, 0.3) is 16.9 Å². The predicted octanol–water partition coefficient (Wildman–Crippen LogP) is 3.55. The molecule has 4 aromatic rings. The van der Waals surface area contributed by atoms with Crippen molar-refractivity contribution >= 4 is 22.8 Å². The van der Waals surface area contributed by atoms with Gasteiger partial charge in [-0.1, -0.05) is 47.5 Å². The van der Waals surface area contributed by atoms with Gasteiger partial charge in [0.25, 0.3) is 5.56 Å². The van der Waals surface area contributed by atoms with Crippen LogP contribution in [0.5, 0.6) is 0 Å². The highest BCUT2D eigenvalue weighted by molar-refractivity contribution is 6.30. The average molecular weight is 407 g/mol. The summed E-state index contributed by atoms with van der Waals surface area (Å²) in [7, 11) is 0. The van der Waals surface area contributed by atoms with Crippen LogP contribution < -0.4 is 11.2 Å². The second kappa shape index (κ2) is 7.56. The molecule has 0 fully saturated rings. The molecule has 0 aliphatic rings. The molecule has 6 nitrogen and oxygen atoms in total. The van der Waals surface area contributed by atoms with E-state index in [1.807, 2.05) is 25.1 Å². The Morgan fingerprint density at radius 1 is 1.14 bits per heavy atom. The lowest BCUT2D eigenvalue weighted by atomic mass is 10.1. The molecule has 146 valence electrons. The van der Waals surface area contributed by atoms with Crippen molar-refractivity contribution in [2.75, 3.05) is 0 Å². The molecule has 2 heterocycles. The number of hydrogen-bond donors (Lipinski definition) is 0. The molecule has 0 amide bonds. The lowest BCUT2D eigenvalue weighted by molar-refractivity contribution is 0.690. The number of imidazole rings is 1. The normalized spacial score (nSPS) is 11.1. The molecule has 2 aromatic carbocycles. The number of aryl methyl sites for hydroxylation is 1. The van der Waals surface area contributed by atoms with Gasteiger partial charge in [-0.05, 0) is 36.8 Å². The van der Waals surface area contributed by atoms with Gasteiger partial charge in [-0.15, -0.1) is 6.58 Å². The van der Waals surface area contributed by atoms with Gasteiger partial charge in [0.1, 0.15) is 0 Å². The summed E-state index contributed by atoms with van der Waals surface area (Å²) in [6.07, 6.45) is 3.13. The maximum Gasteiger partial charge on any atom is 0.337 e. The van der Waals surface area contributed by atoms with Crippen molar-refractivity contribution in [3.63, 3.8) is 0 Å². The molecular weight excluding hydrogens is 388 g/mol. The molecule has 0 radical (unpaired) electrons. The first-order valence-electron chi connectivity index (χ1n) is 9.12. The highest BCUT2D eigenvalue weighted by Crippen LogP contribution is 2.17. The standard InChI is InChI=1S/C22H19ClN4O2/c1-3-11-26-21(28)19-20(27(22(26)29)18-9-7-17(23)8-10-18)24-14-25(19)13-16-6-4-5-15(2)12-16/h3-10,12,14H,1,11,13H2,2H3. The number of rotatable bonds is 5. The van der Waals surface area contributed by atoms with Crippen LogP contribution in [-0.4, -0.2) is 18.7 Å². The van der Waals surface area contributed by atoms with Crippen molar-refractivity contribution in [3.8, 4) is 5.69 Å². The van der Waals surface area contributed by atoms with Crippen LogP contribution in [0.1, 0.15) is 11.1 Å². The minimum atomic E-state index is -0.467. The van der Waals surface area contributed by atoms with E-state index in [-0.39, 0.29) is 12.1 Å². The smallest absolute Gasteiger partial charge is 0.320 e. The molecule has 0 unspecified atom stereocenters. The molecule has 0 bridgehead atoms. The van der Waals surface area contributed by atoms with E-state index in [0.717, 1.165) is 11.1 Å². The van der Waals surface area contributed by atoms with Gasteiger partial charge >= 0.3 is 5.69 Å². The predicted molar refractivity (Wildman–Crippen MR) is 115 cm³/mol. The first-order chi connectivity index (χ1) is 14.0. The summed E-state index contributed by atoms with van der Waals surface area (Å²) in [5.74, 6) is 0. The van der Waals surface area contributed by atoms with E-state index < -0.39 is 5.69 Å². The van der Waals surface area contributed by atoms with Crippen molar-refractivity contribution in [2.24, 2.45) is 0 Å². The molecular formula is C22H19ClN4O2. The number of benzene rings is 2. The van der Waals surface area contributed by atoms with Crippen LogP contribution in [0.4, 0.5) is 0 Å². The van der Waals surface area contributed by atoms with E-state index in [4.69, 9.17) is 11.6 Å². The molecule has 0 spiro atoms. The molecule has 4 rings (SSSR count). The van der Waals surface area contributed by atoms with E-state index in [9.17, 15) is 9.59 Å². The average Bonchev–Trinajstić information content (AvgIpc) is 3.10. The summed E-state index contributed by atoms with van der Waals surface area (Å²) in [5, 5.41) is 0.558.